The number of nitrogens with zero attached hydrogens (tertiary/aromatic N) is 2. The highest BCUT2D eigenvalue weighted by Crippen LogP contribution is 2.31. The first kappa shape index (κ1) is 19.5. The van der Waals surface area contributed by atoms with Crippen LogP contribution in [0, 0.1) is 0 Å². The van der Waals surface area contributed by atoms with Gasteiger partial charge in [0.15, 0.2) is 5.13 Å². The van der Waals surface area contributed by atoms with Crippen molar-refractivity contribution < 1.29 is 13.2 Å². The summed E-state index contributed by atoms with van der Waals surface area (Å²) in [5.74, 6) is -0.263. The van der Waals surface area contributed by atoms with Crippen LogP contribution in [0.5, 0.6) is 0 Å². The van der Waals surface area contributed by atoms with Gasteiger partial charge in [-0.25, -0.2) is 13.4 Å². The summed E-state index contributed by atoms with van der Waals surface area (Å²) in [6.07, 6.45) is 6.84. The van der Waals surface area contributed by atoms with Crippen molar-refractivity contribution in [1.29, 1.82) is 0 Å². The largest absolute Gasteiger partial charge is 0.298 e. The molecule has 0 saturated carbocycles. The zero-order valence-electron chi connectivity index (χ0n) is 16.0. The molecule has 1 unspecified atom stereocenters. The Kier molecular flexibility index (Phi) is 5.53. The molecule has 1 amide bonds. The van der Waals surface area contributed by atoms with E-state index in [0.29, 0.717) is 17.2 Å². The van der Waals surface area contributed by atoms with Gasteiger partial charge >= 0.3 is 0 Å². The van der Waals surface area contributed by atoms with Gasteiger partial charge in [0.05, 0.1) is 10.6 Å². The van der Waals surface area contributed by atoms with Crippen LogP contribution in [0.25, 0.3) is 0 Å². The third kappa shape index (κ3) is 3.73. The molecule has 6 nitrogen and oxygen atoms in total. The van der Waals surface area contributed by atoms with Gasteiger partial charge < -0.3 is 0 Å². The van der Waals surface area contributed by atoms with E-state index in [1.807, 2.05) is 6.92 Å². The first-order valence-electron chi connectivity index (χ1n) is 9.91. The molecule has 8 heteroatoms. The number of nitrogens with one attached hydrogen (secondary N) is 1. The number of thiazole rings is 1. The van der Waals surface area contributed by atoms with Crippen LogP contribution in [-0.2, 0) is 22.9 Å². The molecule has 0 spiro atoms. The summed E-state index contributed by atoms with van der Waals surface area (Å²) >= 11 is 1.53. The van der Waals surface area contributed by atoms with Crippen LogP contribution >= 0.6 is 11.3 Å². The van der Waals surface area contributed by atoms with Crippen molar-refractivity contribution in [1.82, 2.24) is 9.29 Å². The molecular weight excluding hydrogens is 394 g/mol. The standard InChI is InChI=1S/C20H25N3O3S2/c1-2-15-6-3-4-13-23(15)28(25,26)16-11-9-14(10-12-16)19(24)22-20-21-17-7-5-8-18(17)27-20/h9-12,15H,2-8,13H2,1H3,(H,21,22,24). The fourth-order valence-corrected chi connectivity index (χ4v) is 6.84. The Morgan fingerprint density at radius 3 is 2.71 bits per heavy atom. The molecule has 1 fully saturated rings. The lowest BCUT2D eigenvalue weighted by atomic mass is 10.0. The fraction of sp³-hybridized carbons (Fsp3) is 0.500. The Labute approximate surface area is 170 Å². The molecule has 150 valence electrons. The second kappa shape index (κ2) is 7.93. The molecule has 0 radical (unpaired) electrons. The monoisotopic (exact) mass is 419 g/mol. The maximum atomic E-state index is 13.0. The van der Waals surface area contributed by atoms with Crippen molar-refractivity contribution >= 4 is 32.4 Å². The molecule has 2 aromatic rings. The normalized spacial score (nSPS) is 20.1. The van der Waals surface area contributed by atoms with E-state index in [1.54, 1.807) is 16.4 Å². The smallest absolute Gasteiger partial charge is 0.257 e. The number of carbonyl (C=O) groups is 1. The highest BCUT2D eigenvalue weighted by molar-refractivity contribution is 7.89. The molecule has 1 N–H and O–H groups in total. The number of fused-ring (bicyclic) bond motifs is 1. The molecule has 2 aliphatic rings. The summed E-state index contributed by atoms with van der Waals surface area (Å²) in [6.45, 7) is 2.60. The van der Waals surface area contributed by atoms with E-state index in [0.717, 1.165) is 50.6 Å². The Bertz CT molecular complexity index is 946. The maximum absolute atomic E-state index is 13.0. The van der Waals surface area contributed by atoms with Crippen LogP contribution in [0.15, 0.2) is 29.2 Å². The first-order chi connectivity index (χ1) is 13.5. The average molecular weight is 420 g/mol. The second-order valence-electron chi connectivity index (χ2n) is 7.39. The minimum atomic E-state index is -3.53. The van der Waals surface area contributed by atoms with Crippen molar-refractivity contribution in [2.24, 2.45) is 0 Å². The van der Waals surface area contributed by atoms with Crippen LogP contribution < -0.4 is 5.32 Å². The molecule has 1 aromatic heterocycles. The topological polar surface area (TPSA) is 79.4 Å². The summed E-state index contributed by atoms with van der Waals surface area (Å²) in [7, 11) is -3.53. The predicted octanol–water partition coefficient (Wildman–Crippen LogP) is 3.84. The van der Waals surface area contributed by atoms with E-state index < -0.39 is 10.0 Å². The molecule has 4 rings (SSSR count). The van der Waals surface area contributed by atoms with Crippen LogP contribution in [0.3, 0.4) is 0 Å². The summed E-state index contributed by atoms with van der Waals surface area (Å²) in [4.78, 5) is 18.5. The van der Waals surface area contributed by atoms with Crippen LogP contribution in [0.4, 0.5) is 5.13 Å². The van der Waals surface area contributed by atoms with Gasteiger partial charge in [-0.15, -0.1) is 11.3 Å². The molecule has 28 heavy (non-hydrogen) atoms. The van der Waals surface area contributed by atoms with Crippen molar-refractivity contribution in [3.05, 3.63) is 40.4 Å². The lowest BCUT2D eigenvalue weighted by Gasteiger charge is -2.34. The molecular formula is C20H25N3O3S2. The molecule has 1 atom stereocenters. The zero-order valence-corrected chi connectivity index (χ0v) is 17.6. The van der Waals surface area contributed by atoms with E-state index in [1.165, 1.54) is 28.3 Å². The van der Waals surface area contributed by atoms with Crippen LogP contribution in [-0.4, -0.2) is 36.2 Å². The van der Waals surface area contributed by atoms with Crippen molar-refractivity contribution in [3.8, 4) is 0 Å². The Balaban J connectivity index is 1.48. The molecule has 1 aromatic carbocycles. The van der Waals surface area contributed by atoms with Gasteiger partial charge in [0, 0.05) is 23.0 Å². The summed E-state index contributed by atoms with van der Waals surface area (Å²) in [5.41, 5.74) is 1.52. The van der Waals surface area contributed by atoms with E-state index in [2.05, 4.69) is 10.3 Å². The highest BCUT2D eigenvalue weighted by Gasteiger charge is 2.32. The number of piperidine rings is 1. The summed E-state index contributed by atoms with van der Waals surface area (Å²) in [5, 5.41) is 3.45. The average Bonchev–Trinajstić information content (AvgIpc) is 3.29. The number of rotatable bonds is 5. The quantitative estimate of drug-likeness (QED) is 0.799. The first-order valence-corrected chi connectivity index (χ1v) is 12.2. The Morgan fingerprint density at radius 1 is 1.21 bits per heavy atom. The lowest BCUT2D eigenvalue weighted by molar-refractivity contribution is 0.102. The second-order valence-corrected chi connectivity index (χ2v) is 10.4. The molecule has 1 aliphatic heterocycles. The number of amides is 1. The maximum Gasteiger partial charge on any atom is 0.257 e. The van der Waals surface area contributed by atoms with E-state index in [-0.39, 0.29) is 16.8 Å². The molecule has 2 heterocycles. The zero-order chi connectivity index (χ0) is 19.7. The van der Waals surface area contributed by atoms with E-state index in [4.69, 9.17) is 0 Å². The van der Waals surface area contributed by atoms with E-state index >= 15 is 0 Å². The lowest BCUT2D eigenvalue weighted by Crippen LogP contribution is -2.43. The Hall–Kier alpha value is -1.77. The number of aryl methyl sites for hydroxylation is 2. The van der Waals surface area contributed by atoms with Gasteiger partial charge in [-0.3, -0.25) is 10.1 Å². The number of sulfonamides is 1. The number of aromatic nitrogens is 1. The third-order valence-corrected chi connectivity index (χ3v) is 8.62. The van der Waals surface area contributed by atoms with Gasteiger partial charge in [-0.05, 0) is 62.8 Å². The molecule has 1 saturated heterocycles. The third-order valence-electron chi connectivity index (χ3n) is 5.58. The summed E-state index contributed by atoms with van der Waals surface area (Å²) in [6, 6.07) is 6.29. The number of benzene rings is 1. The van der Waals surface area contributed by atoms with Gasteiger partial charge in [-0.1, -0.05) is 13.3 Å². The van der Waals surface area contributed by atoms with Crippen molar-refractivity contribution in [3.63, 3.8) is 0 Å². The Morgan fingerprint density at radius 2 is 2.00 bits per heavy atom. The van der Waals surface area contributed by atoms with Crippen molar-refractivity contribution in [2.75, 3.05) is 11.9 Å². The van der Waals surface area contributed by atoms with Crippen LogP contribution in [0.1, 0.15) is 60.0 Å². The minimum Gasteiger partial charge on any atom is -0.298 e. The van der Waals surface area contributed by atoms with Gasteiger partial charge in [0.25, 0.3) is 5.91 Å². The van der Waals surface area contributed by atoms with Gasteiger partial charge in [0.2, 0.25) is 10.0 Å². The summed E-state index contributed by atoms with van der Waals surface area (Å²) < 4.78 is 27.7. The molecule has 1 aliphatic carbocycles. The number of anilines is 1. The van der Waals surface area contributed by atoms with Crippen molar-refractivity contribution in [2.45, 2.75) is 62.8 Å². The number of hydrogen-bond donors (Lipinski definition) is 1. The van der Waals surface area contributed by atoms with E-state index in [9.17, 15) is 13.2 Å². The molecule has 0 bridgehead atoms. The fourth-order valence-electron chi connectivity index (χ4n) is 4.03. The van der Waals surface area contributed by atoms with Gasteiger partial charge in [0.1, 0.15) is 0 Å². The van der Waals surface area contributed by atoms with Gasteiger partial charge in [-0.2, -0.15) is 4.31 Å². The number of carbonyl (C=O) groups excluding carboxylic acids is 1. The predicted molar refractivity (Wildman–Crippen MR) is 110 cm³/mol. The SMILES string of the molecule is CCC1CCCCN1S(=O)(=O)c1ccc(C(=O)Nc2nc3c(s2)CCC3)cc1. The minimum absolute atomic E-state index is 0.0635. The number of hydrogen-bond acceptors (Lipinski definition) is 5. The van der Waals surface area contributed by atoms with Crippen LogP contribution in [0.2, 0.25) is 0 Å². The highest BCUT2D eigenvalue weighted by atomic mass is 32.2.